The number of halogens is 3. The Bertz CT molecular complexity index is 1910. The van der Waals surface area contributed by atoms with Gasteiger partial charge in [-0.25, -0.2) is 31.3 Å². The molecule has 1 fully saturated rings. The zero-order valence-electron chi connectivity index (χ0n) is 28.1. The van der Waals surface area contributed by atoms with E-state index in [0.717, 1.165) is 27.7 Å². The highest BCUT2D eigenvalue weighted by Crippen LogP contribution is 2.37. The van der Waals surface area contributed by atoms with E-state index < -0.39 is 44.0 Å². The highest BCUT2D eigenvalue weighted by molar-refractivity contribution is 7.93. The molecule has 4 aromatic rings. The fraction of sp³-hybridized carbons (Fsp3) is 0.382. The second-order valence-electron chi connectivity index (χ2n) is 12.6. The van der Waals surface area contributed by atoms with Crippen molar-refractivity contribution in [2.45, 2.75) is 50.2 Å². The van der Waals surface area contributed by atoms with Crippen LogP contribution in [-0.2, 0) is 21.3 Å². The van der Waals surface area contributed by atoms with E-state index in [0.29, 0.717) is 47.2 Å². The maximum absolute atomic E-state index is 15.8. The smallest absolute Gasteiger partial charge is 0.410 e. The molecule has 3 aromatic carbocycles. The summed E-state index contributed by atoms with van der Waals surface area (Å²) in [6.45, 7) is 5.53. The number of methoxy groups -OCH3 is 2. The molecule has 16 heteroatoms. The highest BCUT2D eigenvalue weighted by atomic mass is 35.5. The summed E-state index contributed by atoms with van der Waals surface area (Å²) >= 11 is 6.88. The summed E-state index contributed by atoms with van der Waals surface area (Å²) in [6.07, 6.45) is 1.23. The van der Waals surface area contributed by atoms with E-state index in [2.05, 4.69) is 9.36 Å². The summed E-state index contributed by atoms with van der Waals surface area (Å²) in [5.74, 6) is -2.47. The van der Waals surface area contributed by atoms with Crippen molar-refractivity contribution in [2.75, 3.05) is 38.2 Å². The molecule has 1 amide bonds. The van der Waals surface area contributed by atoms with Gasteiger partial charge >= 0.3 is 6.09 Å². The molecule has 0 aliphatic carbocycles. The summed E-state index contributed by atoms with van der Waals surface area (Å²) in [7, 11) is -1.85. The van der Waals surface area contributed by atoms with Crippen LogP contribution in [-0.4, -0.2) is 68.3 Å². The van der Waals surface area contributed by atoms with Crippen LogP contribution in [0.25, 0.3) is 0 Å². The number of hydrogen-bond acceptors (Lipinski definition) is 10. The van der Waals surface area contributed by atoms with Gasteiger partial charge in [-0.3, -0.25) is 0 Å². The molecular formula is C34H37ClF2N4O7S2. The highest BCUT2D eigenvalue weighted by Gasteiger charge is 2.36. The largest absolute Gasteiger partial charge is 0.497 e. The van der Waals surface area contributed by atoms with Gasteiger partial charge in [0.15, 0.2) is 11.6 Å². The van der Waals surface area contributed by atoms with Gasteiger partial charge in [-0.1, -0.05) is 23.7 Å². The van der Waals surface area contributed by atoms with E-state index in [-0.39, 0.29) is 36.7 Å². The molecule has 1 aliphatic heterocycles. The molecule has 2 atom stereocenters. The Labute approximate surface area is 298 Å². The fourth-order valence-electron chi connectivity index (χ4n) is 5.65. The van der Waals surface area contributed by atoms with Crippen LogP contribution in [0.4, 0.5) is 18.7 Å². The summed E-state index contributed by atoms with van der Waals surface area (Å²) < 4.78 is 86.2. The summed E-state index contributed by atoms with van der Waals surface area (Å²) in [5, 5.41) is 0.497. The maximum Gasteiger partial charge on any atom is 0.410 e. The van der Waals surface area contributed by atoms with Crippen molar-refractivity contribution >= 4 is 44.4 Å². The average Bonchev–Trinajstić information content (AvgIpc) is 3.61. The Kier molecular flexibility index (Phi) is 11.4. The van der Waals surface area contributed by atoms with Crippen LogP contribution in [0.5, 0.6) is 17.2 Å². The second kappa shape index (κ2) is 15.4. The van der Waals surface area contributed by atoms with Crippen molar-refractivity contribution in [1.29, 1.82) is 0 Å². The van der Waals surface area contributed by atoms with Gasteiger partial charge < -0.3 is 23.8 Å². The molecular weight excluding hydrogens is 714 g/mol. The minimum absolute atomic E-state index is 0.0666. The third-order valence-electron chi connectivity index (χ3n) is 8.06. The zero-order valence-corrected chi connectivity index (χ0v) is 30.4. The molecule has 1 aliphatic rings. The van der Waals surface area contributed by atoms with E-state index >= 15 is 8.78 Å². The summed E-state index contributed by atoms with van der Waals surface area (Å²) in [4.78, 5) is 17.6. The van der Waals surface area contributed by atoms with Gasteiger partial charge in [-0.2, -0.15) is 4.37 Å². The fourth-order valence-corrected chi connectivity index (χ4v) is 7.96. The van der Waals surface area contributed by atoms with Crippen LogP contribution >= 0.6 is 23.1 Å². The Morgan fingerprint density at radius 3 is 2.42 bits per heavy atom. The molecule has 50 heavy (non-hydrogen) atoms. The molecule has 0 unspecified atom stereocenters. The molecule has 268 valence electrons. The van der Waals surface area contributed by atoms with Crippen molar-refractivity contribution in [3.8, 4) is 17.2 Å². The number of carbonyl (C=O) groups is 1. The van der Waals surface area contributed by atoms with Gasteiger partial charge in [-0.05, 0) is 62.9 Å². The van der Waals surface area contributed by atoms with E-state index in [9.17, 15) is 13.2 Å². The van der Waals surface area contributed by atoms with E-state index in [1.807, 2.05) is 12.1 Å². The van der Waals surface area contributed by atoms with Crippen LogP contribution in [0.1, 0.15) is 44.2 Å². The van der Waals surface area contributed by atoms with Crippen molar-refractivity contribution in [1.82, 2.24) is 14.3 Å². The van der Waals surface area contributed by atoms with Crippen LogP contribution in [0.2, 0.25) is 5.02 Å². The number of piperidine rings is 1. The summed E-state index contributed by atoms with van der Waals surface area (Å²) in [6, 6.07) is 13.4. The number of hydrogen-bond donors (Lipinski definition) is 0. The molecule has 0 saturated carbocycles. The lowest BCUT2D eigenvalue weighted by molar-refractivity contribution is 0.0110. The van der Waals surface area contributed by atoms with Crippen LogP contribution in [0, 0.1) is 17.6 Å². The molecule has 1 aromatic heterocycles. The minimum atomic E-state index is -4.73. The molecule has 2 heterocycles. The lowest BCUT2D eigenvalue weighted by Gasteiger charge is -2.39. The van der Waals surface area contributed by atoms with E-state index in [1.165, 1.54) is 14.2 Å². The van der Waals surface area contributed by atoms with E-state index in [4.69, 9.17) is 30.5 Å². The van der Waals surface area contributed by atoms with Crippen LogP contribution in [0.3, 0.4) is 0 Å². The normalized spacial score (nSPS) is 16.5. The Morgan fingerprint density at radius 2 is 1.78 bits per heavy atom. The van der Waals surface area contributed by atoms with Gasteiger partial charge in [0.25, 0.3) is 10.0 Å². The third kappa shape index (κ3) is 8.56. The Balaban J connectivity index is 1.41. The number of likely N-dealkylation sites (tertiary alicyclic amines) is 1. The molecule has 11 nitrogen and oxygen atoms in total. The molecule has 0 N–H and O–H groups in total. The second-order valence-corrected chi connectivity index (χ2v) is 15.6. The summed E-state index contributed by atoms with van der Waals surface area (Å²) in [5.41, 5.74) is 0.659. The molecule has 1 saturated heterocycles. The number of nitrogens with zero attached hydrogens (tertiary/aromatic N) is 4. The molecule has 0 bridgehead atoms. The molecule has 0 radical (unpaired) electrons. The number of aromatic nitrogens is 2. The van der Waals surface area contributed by atoms with Crippen molar-refractivity contribution in [3.05, 3.63) is 88.7 Å². The standard InChI is InChI=1S/C34H37ClF2N4O7S2/c1-34(2,3)48-33(42)40-13-12-26(21-6-9-24(35)10-7-21)23(17-40)19-47-30-15-28(37)31(16-27(30)36)50(43,44)41(32-38-20-39-49-32)18-22-8-11-25(45-4)14-29(22)46-5/h6-11,14-16,20,23,26H,12-13,17-19H2,1-5H3/t23-,26+/m0/s1. The van der Waals surface area contributed by atoms with Gasteiger partial charge in [0, 0.05) is 59.3 Å². The van der Waals surface area contributed by atoms with Gasteiger partial charge in [0.1, 0.15) is 34.1 Å². The monoisotopic (exact) mass is 750 g/mol. The van der Waals surface area contributed by atoms with Gasteiger partial charge in [-0.15, -0.1) is 0 Å². The maximum atomic E-state index is 15.8. The lowest BCUT2D eigenvalue weighted by atomic mass is 9.81. The number of carbonyl (C=O) groups excluding carboxylic acids is 1. The van der Waals surface area contributed by atoms with Crippen LogP contribution < -0.4 is 18.5 Å². The third-order valence-corrected chi connectivity index (χ3v) is 10.9. The molecule has 5 rings (SSSR count). The first kappa shape index (κ1) is 37.1. The Hall–Kier alpha value is -4.21. The number of ether oxygens (including phenoxy) is 4. The predicted octanol–water partition coefficient (Wildman–Crippen LogP) is 7.30. The number of benzene rings is 3. The first-order valence-corrected chi connectivity index (χ1v) is 18.1. The SMILES string of the molecule is COc1ccc(CN(c2ncns2)S(=O)(=O)c2cc(F)c(OC[C@@H]3CN(C(=O)OC(C)(C)C)CC[C@@H]3c3ccc(Cl)cc3)cc2F)c(OC)c1. The number of amides is 1. The zero-order chi connectivity index (χ0) is 36.2. The Morgan fingerprint density at radius 1 is 1.04 bits per heavy atom. The minimum Gasteiger partial charge on any atom is -0.497 e. The first-order valence-electron chi connectivity index (χ1n) is 15.6. The van der Waals surface area contributed by atoms with Gasteiger partial charge in [0.2, 0.25) is 5.13 Å². The van der Waals surface area contributed by atoms with Crippen molar-refractivity contribution < 1.29 is 40.9 Å². The van der Waals surface area contributed by atoms with Crippen LogP contribution in [0.15, 0.2) is 65.8 Å². The predicted molar refractivity (Wildman–Crippen MR) is 185 cm³/mol. The van der Waals surface area contributed by atoms with Crippen molar-refractivity contribution in [3.63, 3.8) is 0 Å². The number of anilines is 1. The average molecular weight is 751 g/mol. The lowest BCUT2D eigenvalue weighted by Crippen LogP contribution is -2.46. The number of rotatable bonds is 11. The number of sulfonamides is 1. The van der Waals surface area contributed by atoms with Gasteiger partial charge in [0.05, 0.1) is 27.4 Å². The first-order chi connectivity index (χ1) is 23.7. The van der Waals surface area contributed by atoms with E-state index in [1.54, 1.807) is 56.0 Å². The van der Waals surface area contributed by atoms with Crippen molar-refractivity contribution in [2.24, 2.45) is 5.92 Å². The quantitative estimate of drug-likeness (QED) is 0.156. The molecule has 0 spiro atoms. The topological polar surface area (TPSA) is 120 Å².